The van der Waals surface area contributed by atoms with E-state index in [2.05, 4.69) is 0 Å². The summed E-state index contributed by atoms with van der Waals surface area (Å²) in [5, 5.41) is 9.45. The van der Waals surface area contributed by atoms with Crippen LogP contribution in [0, 0.1) is 0 Å². The summed E-state index contributed by atoms with van der Waals surface area (Å²) in [6.07, 6.45) is 0.292. The maximum Gasteiger partial charge on any atom is 0.343 e. The van der Waals surface area contributed by atoms with Gasteiger partial charge < -0.3 is 5.11 Å². The normalized spacial score (nSPS) is 16.3. The molecule has 0 radical (unpaired) electrons. The number of allylic oxidation sites excluding steroid dienone is 1. The molecular weight excluding hydrogens is 364 g/mol. The smallest absolute Gasteiger partial charge is 0.343 e. The summed E-state index contributed by atoms with van der Waals surface area (Å²) in [6, 6.07) is 16.5. The Bertz CT molecular complexity index is 888. The summed E-state index contributed by atoms with van der Waals surface area (Å²) in [5.74, 6) is -1.64. The van der Waals surface area contributed by atoms with E-state index in [0.29, 0.717) is 19.3 Å². The van der Waals surface area contributed by atoms with Gasteiger partial charge in [-0.3, -0.25) is 9.69 Å². The number of hydrogen-bond donors (Lipinski definition) is 1. The van der Waals surface area contributed by atoms with Gasteiger partial charge in [0.05, 0.1) is 0 Å². The van der Waals surface area contributed by atoms with Crippen LogP contribution in [0.15, 0.2) is 65.2 Å². The zero-order valence-corrected chi connectivity index (χ0v) is 15.7. The maximum atomic E-state index is 13.9. The maximum absolute atomic E-state index is 13.9. The molecule has 1 aliphatic rings. The first-order chi connectivity index (χ1) is 13.1. The molecule has 1 heterocycles. The Morgan fingerprint density at radius 1 is 1.19 bits per heavy atom. The Morgan fingerprint density at radius 2 is 1.85 bits per heavy atom. The summed E-state index contributed by atoms with van der Waals surface area (Å²) in [7, 11) is 0.633. The second-order valence-electron chi connectivity index (χ2n) is 6.17. The van der Waals surface area contributed by atoms with Crippen molar-refractivity contribution in [2.75, 3.05) is 6.80 Å². The molecule has 1 amide bonds. The molecule has 4 nitrogen and oxygen atoms in total. The summed E-state index contributed by atoms with van der Waals surface area (Å²) in [5.41, 5.74) is 2.41. The molecule has 1 unspecified atom stereocenters. The summed E-state index contributed by atoms with van der Waals surface area (Å²) in [6.45, 7) is 0.857. The number of carbonyl (C=O) groups is 2. The minimum atomic E-state index is -1.14. The van der Waals surface area contributed by atoms with E-state index < -0.39 is 18.7 Å². The van der Waals surface area contributed by atoms with Gasteiger partial charge in [0.15, 0.2) is 14.1 Å². The van der Waals surface area contributed by atoms with Gasteiger partial charge in [0, 0.05) is 22.9 Å². The molecule has 2 aromatic rings. The van der Waals surface area contributed by atoms with Gasteiger partial charge in [-0.15, -0.1) is 11.8 Å². The molecule has 1 atom stereocenters. The molecule has 27 heavy (non-hydrogen) atoms. The van der Waals surface area contributed by atoms with E-state index in [1.165, 1.54) is 11.8 Å². The van der Waals surface area contributed by atoms with Gasteiger partial charge in [-0.05, 0) is 5.56 Å². The van der Waals surface area contributed by atoms with E-state index in [4.69, 9.17) is 0 Å². The van der Waals surface area contributed by atoms with Crippen LogP contribution in [0.4, 0.5) is 4.39 Å². The van der Waals surface area contributed by atoms with Gasteiger partial charge in [0.2, 0.25) is 0 Å². The standard InChI is InChI=1S/C20H19BFNO3S/c1-21-15-10-6-5-9-14(15)19(24)23(12-22)16-11-17(27-18(16)20(25)26)13-7-3-2-4-8-13/h2-10,17,21H,11-12H2,1H3,(H,25,26). The lowest BCUT2D eigenvalue weighted by Crippen LogP contribution is -2.34. The monoisotopic (exact) mass is 383 g/mol. The van der Waals surface area contributed by atoms with Crippen molar-refractivity contribution in [3.8, 4) is 0 Å². The number of amides is 1. The van der Waals surface area contributed by atoms with Crippen LogP contribution < -0.4 is 5.46 Å². The second kappa shape index (κ2) is 8.44. The van der Waals surface area contributed by atoms with Gasteiger partial charge in [-0.1, -0.05) is 66.9 Å². The van der Waals surface area contributed by atoms with E-state index in [-0.39, 0.29) is 15.9 Å². The molecule has 2 aromatic carbocycles. The number of nitrogens with zero attached hydrogens (tertiary/aromatic N) is 1. The first kappa shape index (κ1) is 19.2. The quantitative estimate of drug-likeness (QED) is 0.614. The minimum absolute atomic E-state index is 0.0313. The first-order valence-corrected chi connectivity index (χ1v) is 9.58. The molecule has 0 aromatic heterocycles. The van der Waals surface area contributed by atoms with Gasteiger partial charge in [0.1, 0.15) is 4.91 Å². The van der Waals surface area contributed by atoms with E-state index in [0.717, 1.165) is 15.9 Å². The van der Waals surface area contributed by atoms with Crippen LogP contribution in [-0.2, 0) is 4.79 Å². The van der Waals surface area contributed by atoms with Crippen molar-refractivity contribution < 1.29 is 19.1 Å². The van der Waals surface area contributed by atoms with Crippen LogP contribution in [0.5, 0.6) is 0 Å². The van der Waals surface area contributed by atoms with Gasteiger partial charge in [-0.25, -0.2) is 9.18 Å². The number of benzene rings is 2. The molecule has 0 saturated carbocycles. The summed E-state index contributed by atoms with van der Waals surface area (Å²) >= 11 is 1.17. The fraction of sp³-hybridized carbons (Fsp3) is 0.200. The Balaban J connectivity index is 1.95. The summed E-state index contributed by atoms with van der Waals surface area (Å²) < 4.78 is 13.9. The third-order valence-corrected chi connectivity index (χ3v) is 5.96. The van der Waals surface area contributed by atoms with E-state index in [1.54, 1.807) is 12.1 Å². The molecule has 1 aliphatic heterocycles. The van der Waals surface area contributed by atoms with Crippen molar-refractivity contribution in [3.05, 3.63) is 76.3 Å². The predicted molar refractivity (Wildman–Crippen MR) is 107 cm³/mol. The lowest BCUT2D eigenvalue weighted by Gasteiger charge is -2.22. The van der Waals surface area contributed by atoms with Crippen molar-refractivity contribution in [3.63, 3.8) is 0 Å². The molecule has 0 saturated heterocycles. The van der Waals surface area contributed by atoms with Crippen molar-refractivity contribution in [2.24, 2.45) is 0 Å². The third kappa shape index (κ3) is 3.93. The Hall–Kier alpha value is -2.54. The number of hydrogen-bond acceptors (Lipinski definition) is 3. The minimum Gasteiger partial charge on any atom is -0.477 e. The van der Waals surface area contributed by atoms with Crippen LogP contribution in [0.2, 0.25) is 6.82 Å². The average Bonchev–Trinajstić information content (AvgIpc) is 3.14. The average molecular weight is 383 g/mol. The number of halogens is 1. The predicted octanol–water partition coefficient (Wildman–Crippen LogP) is 3.34. The number of thioether (sulfide) groups is 1. The number of carboxylic acid groups (broad SMARTS) is 1. The van der Waals surface area contributed by atoms with E-state index in [1.807, 2.05) is 49.3 Å². The fourth-order valence-electron chi connectivity index (χ4n) is 3.21. The Morgan fingerprint density at radius 3 is 2.48 bits per heavy atom. The Labute approximate surface area is 162 Å². The highest BCUT2D eigenvalue weighted by atomic mass is 32.2. The summed E-state index contributed by atoms with van der Waals surface area (Å²) in [4.78, 5) is 25.8. The largest absolute Gasteiger partial charge is 0.477 e. The second-order valence-corrected chi connectivity index (χ2v) is 7.38. The van der Waals surface area contributed by atoms with E-state index >= 15 is 0 Å². The van der Waals surface area contributed by atoms with Crippen LogP contribution in [0.1, 0.15) is 27.6 Å². The molecule has 1 N–H and O–H groups in total. The molecule has 138 valence electrons. The molecule has 3 rings (SSSR count). The van der Waals surface area contributed by atoms with Crippen molar-refractivity contribution >= 4 is 36.4 Å². The van der Waals surface area contributed by atoms with Gasteiger partial charge in [-0.2, -0.15) is 0 Å². The number of rotatable bonds is 6. The molecule has 0 bridgehead atoms. The highest BCUT2D eigenvalue weighted by Gasteiger charge is 2.36. The highest BCUT2D eigenvalue weighted by molar-refractivity contribution is 8.04. The number of alkyl halides is 1. The third-order valence-electron chi connectivity index (χ3n) is 4.59. The van der Waals surface area contributed by atoms with Crippen LogP contribution in [0.3, 0.4) is 0 Å². The van der Waals surface area contributed by atoms with Crippen molar-refractivity contribution in [2.45, 2.75) is 18.5 Å². The topological polar surface area (TPSA) is 57.6 Å². The van der Waals surface area contributed by atoms with Crippen LogP contribution >= 0.6 is 11.8 Å². The Kier molecular flexibility index (Phi) is 6.01. The van der Waals surface area contributed by atoms with Gasteiger partial charge >= 0.3 is 5.97 Å². The zero-order chi connectivity index (χ0) is 19.4. The van der Waals surface area contributed by atoms with Crippen LogP contribution in [0.25, 0.3) is 0 Å². The molecule has 7 heteroatoms. The lowest BCUT2D eigenvalue weighted by molar-refractivity contribution is -0.131. The van der Waals surface area contributed by atoms with Crippen molar-refractivity contribution in [1.82, 2.24) is 4.90 Å². The molecule has 0 aliphatic carbocycles. The number of aliphatic carboxylic acids is 1. The first-order valence-electron chi connectivity index (χ1n) is 8.70. The van der Waals surface area contributed by atoms with E-state index in [9.17, 15) is 19.1 Å². The lowest BCUT2D eigenvalue weighted by atomic mass is 9.71. The number of carbonyl (C=O) groups excluding carboxylic acids is 1. The zero-order valence-electron chi connectivity index (χ0n) is 14.9. The SMILES string of the molecule is CBc1ccccc1C(=O)N(CF)C1=C(C(=O)O)SC(c2ccccc2)C1. The fourth-order valence-corrected chi connectivity index (χ4v) is 4.46. The number of carboxylic acids is 1. The van der Waals surface area contributed by atoms with Crippen LogP contribution in [-0.4, -0.2) is 36.0 Å². The van der Waals surface area contributed by atoms with Gasteiger partial charge in [0.25, 0.3) is 5.91 Å². The van der Waals surface area contributed by atoms with Crippen molar-refractivity contribution in [1.29, 1.82) is 0 Å². The highest BCUT2D eigenvalue weighted by Crippen LogP contribution is 2.48. The molecular formula is C20H19BFNO3S. The molecule has 0 spiro atoms. The molecule has 0 fully saturated rings.